The molecule has 9 nitrogen and oxygen atoms in total. The molecule has 202 valence electrons. The maximum atomic E-state index is 13.1. The molecule has 0 spiro atoms. The lowest BCUT2D eigenvalue weighted by Crippen LogP contribution is -2.46. The molecule has 5 atom stereocenters. The number of carbonyl (C=O) groups excluding carboxylic acids is 5. The quantitative estimate of drug-likeness (QED) is 0.188. The molecule has 0 aromatic rings. The second kappa shape index (κ2) is 13.5. The first-order valence-corrected chi connectivity index (χ1v) is 13.3. The average Bonchev–Trinajstić information content (AvgIpc) is 3.66. The summed E-state index contributed by atoms with van der Waals surface area (Å²) in [6.07, 6.45) is 3.45. The summed E-state index contributed by atoms with van der Waals surface area (Å²) in [7, 11) is 1.48. The van der Waals surface area contributed by atoms with Crippen LogP contribution in [0.15, 0.2) is 0 Å². The van der Waals surface area contributed by atoms with Gasteiger partial charge in [0.1, 0.15) is 18.5 Å². The van der Waals surface area contributed by atoms with Crippen molar-refractivity contribution in [2.24, 2.45) is 23.7 Å². The standard InChI is InChI=1S/C27H41NO8/c1-17-10-18(2)27(33)21(11-17)23(35-9-5-6-20(29)15-34-3)12-19-13-25(31)28(26(32)14-19)8-4-7-22(30)24-16-36-24/h17-19,21,23-24H,4-16H2,1-3H3/t17-,18?,21?,23+,24?/m0/s1. The summed E-state index contributed by atoms with van der Waals surface area (Å²) in [6, 6.07) is 0. The molecule has 3 unspecified atom stereocenters. The van der Waals surface area contributed by atoms with E-state index in [4.69, 9.17) is 14.2 Å². The smallest absolute Gasteiger partial charge is 0.229 e. The van der Waals surface area contributed by atoms with Crippen LogP contribution in [0.4, 0.5) is 0 Å². The number of rotatable bonds is 15. The van der Waals surface area contributed by atoms with E-state index < -0.39 is 0 Å². The minimum absolute atomic E-state index is 0.00330. The highest BCUT2D eigenvalue weighted by molar-refractivity contribution is 5.98. The fourth-order valence-electron chi connectivity index (χ4n) is 5.63. The Bertz CT molecular complexity index is 805. The van der Waals surface area contributed by atoms with Gasteiger partial charge < -0.3 is 14.2 Å². The number of hydrogen-bond acceptors (Lipinski definition) is 8. The number of piperidine rings is 1. The van der Waals surface area contributed by atoms with Crippen molar-refractivity contribution in [1.29, 1.82) is 0 Å². The molecule has 2 amide bonds. The fourth-order valence-corrected chi connectivity index (χ4v) is 5.63. The summed E-state index contributed by atoms with van der Waals surface area (Å²) >= 11 is 0. The third-order valence-electron chi connectivity index (χ3n) is 7.54. The lowest BCUT2D eigenvalue weighted by atomic mass is 9.71. The topological polar surface area (TPSA) is 120 Å². The number of amides is 2. The number of ether oxygens (including phenoxy) is 3. The molecule has 2 saturated heterocycles. The Morgan fingerprint density at radius 3 is 2.39 bits per heavy atom. The highest BCUT2D eigenvalue weighted by Gasteiger charge is 2.41. The van der Waals surface area contributed by atoms with Crippen molar-refractivity contribution in [3.05, 3.63) is 0 Å². The number of imide groups is 1. The molecule has 2 aliphatic heterocycles. The van der Waals surface area contributed by atoms with E-state index in [1.165, 1.54) is 12.0 Å². The van der Waals surface area contributed by atoms with Crippen LogP contribution in [0, 0.1) is 23.7 Å². The van der Waals surface area contributed by atoms with Crippen molar-refractivity contribution in [2.45, 2.75) is 83.8 Å². The summed E-state index contributed by atoms with van der Waals surface area (Å²) in [5.74, 6) is -0.349. The number of hydrogen-bond donors (Lipinski definition) is 0. The third-order valence-corrected chi connectivity index (χ3v) is 7.54. The van der Waals surface area contributed by atoms with E-state index in [1.807, 2.05) is 6.92 Å². The van der Waals surface area contributed by atoms with Crippen molar-refractivity contribution < 1.29 is 38.2 Å². The highest BCUT2D eigenvalue weighted by atomic mass is 16.6. The van der Waals surface area contributed by atoms with Gasteiger partial charge in [0, 0.05) is 57.8 Å². The lowest BCUT2D eigenvalue weighted by Gasteiger charge is -2.38. The molecule has 9 heteroatoms. The van der Waals surface area contributed by atoms with E-state index in [-0.39, 0.29) is 85.1 Å². The van der Waals surface area contributed by atoms with Crippen molar-refractivity contribution in [3.8, 4) is 0 Å². The van der Waals surface area contributed by atoms with Crippen molar-refractivity contribution >= 4 is 29.2 Å². The van der Waals surface area contributed by atoms with Crippen LogP contribution in [-0.4, -0.2) is 79.7 Å². The zero-order chi connectivity index (χ0) is 26.2. The molecular formula is C27H41NO8. The van der Waals surface area contributed by atoms with Crippen molar-refractivity contribution in [3.63, 3.8) is 0 Å². The van der Waals surface area contributed by atoms with Gasteiger partial charge in [-0.1, -0.05) is 13.8 Å². The van der Waals surface area contributed by atoms with Crippen molar-refractivity contribution in [1.82, 2.24) is 4.90 Å². The third kappa shape index (κ3) is 8.28. The van der Waals surface area contributed by atoms with Crippen LogP contribution in [0.5, 0.6) is 0 Å². The molecule has 1 saturated carbocycles. The minimum Gasteiger partial charge on any atom is -0.377 e. The summed E-state index contributed by atoms with van der Waals surface area (Å²) in [6.45, 7) is 5.22. The van der Waals surface area contributed by atoms with E-state index >= 15 is 0 Å². The number of ketones is 3. The highest BCUT2D eigenvalue weighted by Crippen LogP contribution is 2.37. The molecule has 3 fully saturated rings. The van der Waals surface area contributed by atoms with E-state index in [0.29, 0.717) is 51.2 Å². The predicted octanol–water partition coefficient (Wildman–Crippen LogP) is 2.52. The Kier molecular flexibility index (Phi) is 10.8. The molecule has 3 rings (SSSR count). The molecule has 0 aromatic heterocycles. The Balaban J connectivity index is 1.56. The van der Waals surface area contributed by atoms with Crippen LogP contribution in [0.1, 0.15) is 71.6 Å². The van der Waals surface area contributed by atoms with E-state index in [9.17, 15) is 24.0 Å². The lowest BCUT2D eigenvalue weighted by molar-refractivity contribution is -0.151. The zero-order valence-electron chi connectivity index (χ0n) is 21.9. The van der Waals surface area contributed by atoms with Gasteiger partial charge >= 0.3 is 0 Å². The van der Waals surface area contributed by atoms with Gasteiger partial charge in [-0.15, -0.1) is 0 Å². The molecule has 0 radical (unpaired) electrons. The second-order valence-electron chi connectivity index (χ2n) is 10.8. The van der Waals surface area contributed by atoms with E-state index in [2.05, 4.69) is 6.92 Å². The maximum absolute atomic E-state index is 13.1. The summed E-state index contributed by atoms with van der Waals surface area (Å²) < 4.78 is 16.0. The SMILES string of the molecule is COCC(=O)CCCO[C@H](CC1CC(=O)N(CCCC(=O)C2CO2)C(=O)C1)C1C[C@@H](C)CC(C)C1=O. The Morgan fingerprint density at radius 1 is 1.06 bits per heavy atom. The number of Topliss-reactive ketones (excluding diaryl/α,β-unsaturated/α-hetero) is 3. The predicted molar refractivity (Wildman–Crippen MR) is 130 cm³/mol. The average molecular weight is 508 g/mol. The van der Waals surface area contributed by atoms with Crippen LogP contribution in [0.2, 0.25) is 0 Å². The first kappa shape index (κ1) is 28.6. The van der Waals surface area contributed by atoms with Gasteiger partial charge in [-0.3, -0.25) is 28.9 Å². The molecule has 0 aromatic carbocycles. The Morgan fingerprint density at radius 2 is 1.75 bits per heavy atom. The largest absolute Gasteiger partial charge is 0.377 e. The molecule has 2 heterocycles. The summed E-state index contributed by atoms with van der Waals surface area (Å²) in [4.78, 5) is 63.5. The first-order chi connectivity index (χ1) is 17.2. The molecule has 36 heavy (non-hydrogen) atoms. The molecule has 0 bridgehead atoms. The van der Waals surface area contributed by atoms with Gasteiger partial charge in [0.2, 0.25) is 11.8 Å². The number of nitrogens with zero attached hydrogens (tertiary/aromatic N) is 1. The van der Waals surface area contributed by atoms with Gasteiger partial charge in [-0.25, -0.2) is 0 Å². The monoisotopic (exact) mass is 507 g/mol. The molecular weight excluding hydrogens is 466 g/mol. The van der Waals surface area contributed by atoms with E-state index in [0.717, 1.165) is 12.8 Å². The zero-order valence-corrected chi connectivity index (χ0v) is 21.9. The Hall–Kier alpha value is -1.97. The first-order valence-electron chi connectivity index (χ1n) is 13.3. The summed E-state index contributed by atoms with van der Waals surface area (Å²) in [5, 5.41) is 0. The number of carbonyl (C=O) groups is 5. The van der Waals surface area contributed by atoms with Crippen LogP contribution >= 0.6 is 0 Å². The van der Waals surface area contributed by atoms with Gasteiger partial charge in [0.15, 0.2) is 11.6 Å². The maximum Gasteiger partial charge on any atom is 0.229 e. The summed E-state index contributed by atoms with van der Waals surface area (Å²) in [5.41, 5.74) is 0. The fraction of sp³-hybridized carbons (Fsp3) is 0.815. The number of likely N-dealkylation sites (tertiary alicyclic amines) is 1. The van der Waals surface area contributed by atoms with Gasteiger partial charge in [0.05, 0.1) is 12.7 Å². The molecule has 3 aliphatic rings. The Labute approximate surface area is 213 Å². The normalized spacial score (nSPS) is 27.9. The van der Waals surface area contributed by atoms with Gasteiger partial charge in [-0.2, -0.15) is 0 Å². The van der Waals surface area contributed by atoms with Crippen LogP contribution in [0.3, 0.4) is 0 Å². The van der Waals surface area contributed by atoms with Crippen molar-refractivity contribution in [2.75, 3.05) is 33.5 Å². The van der Waals surface area contributed by atoms with Crippen LogP contribution in [-0.2, 0) is 38.2 Å². The van der Waals surface area contributed by atoms with Crippen LogP contribution < -0.4 is 0 Å². The van der Waals surface area contributed by atoms with Gasteiger partial charge in [0.25, 0.3) is 0 Å². The number of epoxide rings is 1. The second-order valence-corrected chi connectivity index (χ2v) is 10.8. The molecule has 0 N–H and O–H groups in total. The number of methoxy groups -OCH3 is 1. The minimum atomic E-state index is -0.381. The van der Waals surface area contributed by atoms with Crippen LogP contribution in [0.25, 0.3) is 0 Å². The molecule has 1 aliphatic carbocycles. The van der Waals surface area contributed by atoms with Gasteiger partial charge in [-0.05, 0) is 43.9 Å². The van der Waals surface area contributed by atoms with E-state index in [1.54, 1.807) is 0 Å².